The van der Waals surface area contributed by atoms with Crippen molar-refractivity contribution in [2.24, 2.45) is 4.99 Å². The smallest absolute Gasteiger partial charge is 0.223 e. The minimum absolute atomic E-state index is 0.412. The lowest BCUT2D eigenvalue weighted by Gasteiger charge is -2.38. The first kappa shape index (κ1) is 10.9. The zero-order valence-electron chi connectivity index (χ0n) is 9.78. The molecule has 5 heteroatoms. The molecule has 0 spiro atoms. The Bertz CT molecular complexity index is 595. The van der Waals surface area contributed by atoms with Crippen LogP contribution >= 0.6 is 0 Å². The molecule has 1 fully saturated rings. The number of aliphatic imine (C=N–C) groups is 1. The van der Waals surface area contributed by atoms with Crippen LogP contribution in [0.1, 0.15) is 24.8 Å². The van der Waals surface area contributed by atoms with Crippen molar-refractivity contribution in [1.29, 1.82) is 0 Å². The zero-order chi connectivity index (χ0) is 12.4. The second-order valence-electron chi connectivity index (χ2n) is 4.45. The highest BCUT2D eigenvalue weighted by molar-refractivity contribution is 5.48. The fourth-order valence-corrected chi connectivity index (χ4v) is 2.44. The highest BCUT2D eigenvalue weighted by Gasteiger charge is 2.40. The number of carbonyl (C=O) groups excluding carboxylic acids is 1. The van der Waals surface area contributed by atoms with Crippen molar-refractivity contribution in [3.8, 4) is 5.69 Å². The molecule has 0 unspecified atom stereocenters. The van der Waals surface area contributed by atoms with Crippen molar-refractivity contribution < 1.29 is 4.79 Å². The topological polar surface area (TPSA) is 60.1 Å². The molecule has 1 aromatic heterocycles. The molecule has 0 bridgehead atoms. The monoisotopic (exact) mass is 240 g/mol. The van der Waals surface area contributed by atoms with Crippen molar-refractivity contribution in [2.45, 2.75) is 24.8 Å². The van der Waals surface area contributed by atoms with E-state index >= 15 is 0 Å². The third kappa shape index (κ3) is 1.57. The van der Waals surface area contributed by atoms with Gasteiger partial charge in [-0.1, -0.05) is 18.2 Å². The summed E-state index contributed by atoms with van der Waals surface area (Å²) in [6.45, 7) is 0. The van der Waals surface area contributed by atoms with Crippen molar-refractivity contribution >= 4 is 6.08 Å². The molecule has 1 aliphatic carbocycles. The average molecular weight is 240 g/mol. The van der Waals surface area contributed by atoms with Crippen LogP contribution in [0, 0.1) is 0 Å². The van der Waals surface area contributed by atoms with Gasteiger partial charge in [0.25, 0.3) is 0 Å². The Morgan fingerprint density at radius 3 is 2.78 bits per heavy atom. The standard InChI is InChI=1S/C13H12N4O/c18-10-15-13(6-3-7-13)11-4-1-2-5-12(11)17-9-14-8-16-17/h1-2,4-5,8-9H,3,6-7H2. The van der Waals surface area contributed by atoms with Crippen molar-refractivity contribution in [1.82, 2.24) is 14.8 Å². The Morgan fingerprint density at radius 2 is 2.17 bits per heavy atom. The fraction of sp³-hybridized carbons (Fsp3) is 0.308. The van der Waals surface area contributed by atoms with Gasteiger partial charge in [-0.25, -0.2) is 14.5 Å². The molecule has 1 heterocycles. The van der Waals surface area contributed by atoms with E-state index in [1.807, 2.05) is 24.3 Å². The van der Waals surface area contributed by atoms with Crippen molar-refractivity contribution in [3.05, 3.63) is 42.5 Å². The van der Waals surface area contributed by atoms with E-state index in [4.69, 9.17) is 0 Å². The van der Waals surface area contributed by atoms with Crippen molar-refractivity contribution in [2.75, 3.05) is 0 Å². The molecule has 5 nitrogen and oxygen atoms in total. The molecule has 0 saturated heterocycles. The van der Waals surface area contributed by atoms with E-state index in [-0.39, 0.29) is 0 Å². The summed E-state index contributed by atoms with van der Waals surface area (Å²) in [4.78, 5) is 18.6. The van der Waals surface area contributed by atoms with Gasteiger partial charge < -0.3 is 0 Å². The van der Waals surface area contributed by atoms with E-state index in [0.29, 0.717) is 0 Å². The number of hydrogen-bond acceptors (Lipinski definition) is 4. The van der Waals surface area contributed by atoms with Crippen LogP contribution in [0.15, 0.2) is 41.9 Å². The minimum atomic E-state index is -0.412. The molecule has 18 heavy (non-hydrogen) atoms. The Kier molecular flexibility index (Phi) is 2.54. The summed E-state index contributed by atoms with van der Waals surface area (Å²) in [6.07, 6.45) is 7.70. The highest BCUT2D eigenvalue weighted by atomic mass is 16.1. The van der Waals surface area contributed by atoms with Crippen LogP contribution in [0.5, 0.6) is 0 Å². The summed E-state index contributed by atoms with van der Waals surface area (Å²) < 4.78 is 1.70. The van der Waals surface area contributed by atoms with E-state index in [1.165, 1.54) is 6.33 Å². The third-order valence-corrected chi connectivity index (χ3v) is 3.51. The van der Waals surface area contributed by atoms with Gasteiger partial charge in [0.15, 0.2) is 0 Å². The zero-order valence-corrected chi connectivity index (χ0v) is 9.78. The fourth-order valence-electron chi connectivity index (χ4n) is 2.44. The summed E-state index contributed by atoms with van der Waals surface area (Å²) in [6, 6.07) is 7.86. The number of aromatic nitrogens is 3. The van der Waals surface area contributed by atoms with E-state index in [1.54, 1.807) is 17.1 Å². The molecule has 0 amide bonds. The second kappa shape index (κ2) is 4.20. The van der Waals surface area contributed by atoms with E-state index in [0.717, 1.165) is 30.5 Å². The second-order valence-corrected chi connectivity index (χ2v) is 4.45. The van der Waals surface area contributed by atoms with E-state index in [2.05, 4.69) is 15.1 Å². The van der Waals surface area contributed by atoms with Gasteiger partial charge in [-0.05, 0) is 25.3 Å². The Labute approximate surface area is 104 Å². The first-order valence-electron chi connectivity index (χ1n) is 5.89. The number of hydrogen-bond donors (Lipinski definition) is 0. The van der Waals surface area contributed by atoms with Gasteiger partial charge in [0.2, 0.25) is 6.08 Å². The average Bonchev–Trinajstić information content (AvgIpc) is 2.88. The van der Waals surface area contributed by atoms with Gasteiger partial charge in [-0.3, -0.25) is 0 Å². The van der Waals surface area contributed by atoms with Gasteiger partial charge >= 0.3 is 0 Å². The number of para-hydroxylation sites is 1. The van der Waals surface area contributed by atoms with Crippen LogP contribution in [0.3, 0.4) is 0 Å². The van der Waals surface area contributed by atoms with Crippen LogP contribution in [0.4, 0.5) is 0 Å². The minimum Gasteiger partial charge on any atom is -0.223 e. The van der Waals surface area contributed by atoms with Crippen LogP contribution in [-0.4, -0.2) is 20.8 Å². The molecule has 1 aromatic carbocycles. The molecule has 1 saturated carbocycles. The molecule has 0 atom stereocenters. The van der Waals surface area contributed by atoms with Gasteiger partial charge in [0.05, 0.1) is 5.69 Å². The Morgan fingerprint density at radius 1 is 1.33 bits per heavy atom. The summed E-state index contributed by atoms with van der Waals surface area (Å²) in [5.41, 5.74) is 1.53. The van der Waals surface area contributed by atoms with Crippen LogP contribution in [0.25, 0.3) is 5.69 Å². The lowest BCUT2D eigenvalue weighted by Crippen LogP contribution is -2.33. The Hall–Kier alpha value is -2.26. The molecule has 3 rings (SSSR count). The number of rotatable bonds is 3. The van der Waals surface area contributed by atoms with Crippen LogP contribution < -0.4 is 0 Å². The number of benzene rings is 1. The highest BCUT2D eigenvalue weighted by Crippen LogP contribution is 2.46. The van der Waals surface area contributed by atoms with Gasteiger partial charge in [-0.2, -0.15) is 10.1 Å². The Balaban J connectivity index is 2.15. The molecule has 2 aromatic rings. The SMILES string of the molecule is O=C=NC1(c2ccccc2-n2cncn2)CCC1. The molecular formula is C13H12N4O. The molecule has 0 aliphatic heterocycles. The maximum absolute atomic E-state index is 10.7. The predicted octanol–water partition coefficient (Wildman–Crippen LogP) is 1.98. The molecule has 1 aliphatic rings. The third-order valence-electron chi connectivity index (χ3n) is 3.51. The molecule has 0 radical (unpaired) electrons. The van der Waals surface area contributed by atoms with Gasteiger partial charge in [0, 0.05) is 5.56 Å². The summed E-state index contributed by atoms with van der Waals surface area (Å²) >= 11 is 0. The van der Waals surface area contributed by atoms with Gasteiger partial charge in [0.1, 0.15) is 18.2 Å². The first-order valence-corrected chi connectivity index (χ1v) is 5.89. The van der Waals surface area contributed by atoms with E-state index < -0.39 is 5.54 Å². The summed E-state index contributed by atoms with van der Waals surface area (Å²) in [7, 11) is 0. The predicted molar refractivity (Wildman–Crippen MR) is 65.0 cm³/mol. The first-order chi connectivity index (χ1) is 8.86. The molecular weight excluding hydrogens is 228 g/mol. The van der Waals surface area contributed by atoms with Crippen LogP contribution in [-0.2, 0) is 10.3 Å². The molecule has 90 valence electrons. The normalized spacial score (nSPS) is 16.7. The summed E-state index contributed by atoms with van der Waals surface area (Å²) in [5.74, 6) is 0. The van der Waals surface area contributed by atoms with E-state index in [9.17, 15) is 4.79 Å². The van der Waals surface area contributed by atoms with Crippen LogP contribution in [0.2, 0.25) is 0 Å². The molecule has 0 N–H and O–H groups in total. The maximum Gasteiger partial charge on any atom is 0.235 e. The largest absolute Gasteiger partial charge is 0.235 e. The maximum atomic E-state index is 10.7. The summed E-state index contributed by atoms with van der Waals surface area (Å²) in [5, 5.41) is 4.14. The quantitative estimate of drug-likeness (QED) is 0.608. The lowest BCUT2D eigenvalue weighted by molar-refractivity contribution is 0.255. The van der Waals surface area contributed by atoms with Crippen molar-refractivity contribution in [3.63, 3.8) is 0 Å². The van der Waals surface area contributed by atoms with Gasteiger partial charge in [-0.15, -0.1) is 0 Å². The number of isocyanates is 1. The number of nitrogens with zero attached hydrogens (tertiary/aromatic N) is 4. The lowest BCUT2D eigenvalue weighted by atomic mass is 9.72.